The van der Waals surface area contributed by atoms with E-state index in [1.165, 1.54) is 11.0 Å². The smallest absolute Gasteiger partial charge is 0.260 e. The predicted molar refractivity (Wildman–Crippen MR) is 76.9 cm³/mol. The molecule has 20 heavy (non-hydrogen) atoms. The minimum atomic E-state index is -0.474. The first-order chi connectivity index (χ1) is 9.54. The highest BCUT2D eigenvalue weighted by atomic mass is 19.1. The van der Waals surface area contributed by atoms with Crippen molar-refractivity contribution in [2.45, 2.75) is 6.92 Å². The van der Waals surface area contributed by atoms with Crippen LogP contribution >= 0.6 is 0 Å². The molecule has 0 aliphatic heterocycles. The summed E-state index contributed by atoms with van der Waals surface area (Å²) in [5.41, 5.74) is 1.21. The van der Waals surface area contributed by atoms with Gasteiger partial charge in [0.2, 0.25) is 0 Å². The molecule has 0 N–H and O–H groups in total. The van der Waals surface area contributed by atoms with Gasteiger partial charge < -0.3 is 9.64 Å². The number of carbonyl (C=O) groups excluding carboxylic acids is 1. The van der Waals surface area contributed by atoms with Crippen molar-refractivity contribution < 1.29 is 13.9 Å². The van der Waals surface area contributed by atoms with Crippen LogP contribution < -0.4 is 9.64 Å². The maximum absolute atomic E-state index is 14.0. The Labute approximate surface area is 117 Å². The summed E-state index contributed by atoms with van der Waals surface area (Å²) >= 11 is 0. The van der Waals surface area contributed by atoms with E-state index in [0.29, 0.717) is 17.0 Å². The lowest BCUT2D eigenvalue weighted by molar-refractivity contribution is 0.0989. The molecule has 0 bridgehead atoms. The number of hydrogen-bond donors (Lipinski definition) is 0. The Hall–Kier alpha value is -2.36. The molecule has 0 atom stereocenters. The van der Waals surface area contributed by atoms with Crippen molar-refractivity contribution in [2.75, 3.05) is 19.1 Å². The highest BCUT2D eigenvalue weighted by Gasteiger charge is 2.18. The lowest BCUT2D eigenvalue weighted by atomic mass is 10.1. The van der Waals surface area contributed by atoms with Gasteiger partial charge >= 0.3 is 0 Å². The molecule has 0 saturated heterocycles. The lowest BCUT2D eigenvalue weighted by Crippen LogP contribution is -2.27. The fourth-order valence-corrected chi connectivity index (χ4v) is 1.92. The van der Waals surface area contributed by atoms with E-state index in [2.05, 4.69) is 0 Å². The Bertz CT molecular complexity index is 623. The van der Waals surface area contributed by atoms with Crippen LogP contribution in [-0.2, 0) is 0 Å². The zero-order valence-corrected chi connectivity index (χ0v) is 11.7. The van der Waals surface area contributed by atoms with Gasteiger partial charge in [0.15, 0.2) is 0 Å². The first-order valence-corrected chi connectivity index (χ1v) is 6.22. The van der Waals surface area contributed by atoms with E-state index in [-0.39, 0.29) is 11.5 Å². The topological polar surface area (TPSA) is 29.5 Å². The summed E-state index contributed by atoms with van der Waals surface area (Å²) in [5.74, 6) is -0.148. The van der Waals surface area contributed by atoms with Crippen molar-refractivity contribution in [3.8, 4) is 5.75 Å². The van der Waals surface area contributed by atoms with E-state index in [1.807, 2.05) is 0 Å². The monoisotopic (exact) mass is 273 g/mol. The van der Waals surface area contributed by atoms with Gasteiger partial charge in [-0.1, -0.05) is 12.1 Å². The van der Waals surface area contributed by atoms with Crippen molar-refractivity contribution in [2.24, 2.45) is 0 Å². The molecule has 0 unspecified atom stereocenters. The van der Waals surface area contributed by atoms with Crippen molar-refractivity contribution in [1.29, 1.82) is 0 Å². The molecular weight excluding hydrogens is 257 g/mol. The van der Waals surface area contributed by atoms with Gasteiger partial charge in [0.05, 0.1) is 12.7 Å². The van der Waals surface area contributed by atoms with E-state index < -0.39 is 5.82 Å². The number of methoxy groups -OCH3 is 1. The molecule has 0 aliphatic rings. The number of amides is 1. The van der Waals surface area contributed by atoms with Crippen LogP contribution in [0.4, 0.5) is 10.1 Å². The summed E-state index contributed by atoms with van der Waals surface area (Å²) < 4.78 is 19.0. The average Bonchev–Trinajstić information content (AvgIpc) is 2.48. The highest BCUT2D eigenvalue weighted by molar-refractivity contribution is 6.06. The number of carbonyl (C=O) groups is 1. The summed E-state index contributed by atoms with van der Waals surface area (Å²) in [4.78, 5) is 13.7. The SMILES string of the molecule is COc1ccc(N(C)C(=O)c2cccc(C)c2F)cc1. The maximum atomic E-state index is 14.0. The number of halogens is 1. The second kappa shape index (κ2) is 5.74. The van der Waals surface area contributed by atoms with Crippen molar-refractivity contribution >= 4 is 11.6 Å². The normalized spacial score (nSPS) is 10.2. The standard InChI is InChI=1S/C16H16FNO2/c1-11-5-4-6-14(15(11)17)16(19)18(2)12-7-9-13(20-3)10-8-12/h4-10H,1-3H3. The Kier molecular flexibility index (Phi) is 4.03. The van der Waals surface area contributed by atoms with Gasteiger partial charge in [-0.15, -0.1) is 0 Å². The largest absolute Gasteiger partial charge is 0.497 e. The Morgan fingerprint density at radius 3 is 2.40 bits per heavy atom. The highest BCUT2D eigenvalue weighted by Crippen LogP contribution is 2.21. The third kappa shape index (κ3) is 2.64. The number of ether oxygens (including phenoxy) is 1. The molecule has 1 amide bonds. The molecule has 3 nitrogen and oxygen atoms in total. The van der Waals surface area contributed by atoms with E-state index in [0.717, 1.165) is 0 Å². The van der Waals surface area contributed by atoms with Crippen LogP contribution in [0, 0.1) is 12.7 Å². The first kappa shape index (κ1) is 14.1. The number of nitrogens with zero attached hydrogens (tertiary/aromatic N) is 1. The van der Waals surface area contributed by atoms with E-state index in [9.17, 15) is 9.18 Å². The zero-order chi connectivity index (χ0) is 14.7. The number of hydrogen-bond acceptors (Lipinski definition) is 2. The quantitative estimate of drug-likeness (QED) is 0.857. The number of benzene rings is 2. The van der Waals surface area contributed by atoms with Gasteiger partial charge in [0, 0.05) is 12.7 Å². The van der Waals surface area contributed by atoms with E-state index in [4.69, 9.17) is 4.74 Å². The first-order valence-electron chi connectivity index (χ1n) is 6.22. The third-order valence-electron chi connectivity index (χ3n) is 3.19. The number of aryl methyl sites for hydroxylation is 1. The molecule has 4 heteroatoms. The van der Waals surface area contributed by atoms with E-state index in [1.54, 1.807) is 57.5 Å². The molecule has 2 aromatic rings. The van der Waals surface area contributed by atoms with Crippen molar-refractivity contribution in [3.63, 3.8) is 0 Å². The fourth-order valence-electron chi connectivity index (χ4n) is 1.92. The summed E-state index contributed by atoms with van der Waals surface area (Å²) in [6.07, 6.45) is 0. The zero-order valence-electron chi connectivity index (χ0n) is 11.7. The number of rotatable bonds is 3. The minimum Gasteiger partial charge on any atom is -0.497 e. The predicted octanol–water partition coefficient (Wildman–Crippen LogP) is 3.42. The van der Waals surface area contributed by atoms with Gasteiger partial charge in [0.1, 0.15) is 11.6 Å². The summed E-state index contributed by atoms with van der Waals surface area (Å²) in [7, 11) is 3.19. The summed E-state index contributed by atoms with van der Waals surface area (Å²) in [5, 5.41) is 0. The Balaban J connectivity index is 2.29. The molecule has 0 spiro atoms. The van der Waals surface area contributed by atoms with Crippen LogP contribution in [0.25, 0.3) is 0 Å². The van der Waals surface area contributed by atoms with Crippen LogP contribution in [0.2, 0.25) is 0 Å². The van der Waals surface area contributed by atoms with Crippen LogP contribution in [0.1, 0.15) is 15.9 Å². The van der Waals surface area contributed by atoms with Crippen LogP contribution in [0.3, 0.4) is 0 Å². The molecule has 0 heterocycles. The van der Waals surface area contributed by atoms with Crippen LogP contribution in [0.5, 0.6) is 5.75 Å². The third-order valence-corrected chi connectivity index (χ3v) is 3.19. The fraction of sp³-hybridized carbons (Fsp3) is 0.188. The van der Waals surface area contributed by atoms with Gasteiger partial charge in [-0.3, -0.25) is 4.79 Å². The second-order valence-electron chi connectivity index (χ2n) is 4.50. The van der Waals surface area contributed by atoms with Gasteiger partial charge in [-0.2, -0.15) is 0 Å². The van der Waals surface area contributed by atoms with E-state index >= 15 is 0 Å². The molecule has 0 aromatic heterocycles. The molecule has 0 radical (unpaired) electrons. The van der Waals surface area contributed by atoms with Gasteiger partial charge in [-0.05, 0) is 42.8 Å². The van der Waals surface area contributed by atoms with Crippen LogP contribution in [0.15, 0.2) is 42.5 Å². The molecule has 0 saturated carbocycles. The minimum absolute atomic E-state index is 0.0725. The second-order valence-corrected chi connectivity index (χ2v) is 4.50. The summed E-state index contributed by atoms with van der Waals surface area (Å²) in [6, 6.07) is 11.8. The molecule has 104 valence electrons. The average molecular weight is 273 g/mol. The Morgan fingerprint density at radius 1 is 1.15 bits per heavy atom. The molecule has 0 fully saturated rings. The molecule has 2 aromatic carbocycles. The van der Waals surface area contributed by atoms with Gasteiger partial charge in [0.25, 0.3) is 5.91 Å². The van der Waals surface area contributed by atoms with Crippen LogP contribution in [-0.4, -0.2) is 20.1 Å². The van der Waals surface area contributed by atoms with Gasteiger partial charge in [-0.25, -0.2) is 4.39 Å². The molecule has 2 rings (SSSR count). The Morgan fingerprint density at radius 2 is 1.80 bits per heavy atom. The molecule has 0 aliphatic carbocycles. The van der Waals surface area contributed by atoms with Crippen molar-refractivity contribution in [3.05, 3.63) is 59.4 Å². The molecular formula is C16H16FNO2. The number of anilines is 1. The lowest BCUT2D eigenvalue weighted by Gasteiger charge is -2.18. The maximum Gasteiger partial charge on any atom is 0.260 e. The van der Waals surface area contributed by atoms with Crippen molar-refractivity contribution in [1.82, 2.24) is 0 Å². The summed E-state index contributed by atoms with van der Waals surface area (Å²) in [6.45, 7) is 1.64.